The number of carbonyl (C=O) groups excluding carboxylic acids is 1. The SMILES string of the molecule is O=C([O-])[C@H](O)[C@@H](O)[C@H](O)[C@H](O)CO.[Rb+]. The van der Waals surface area contributed by atoms with Gasteiger partial charge in [-0.2, -0.15) is 0 Å². The molecule has 0 aliphatic carbocycles. The molecule has 0 heterocycles. The van der Waals surface area contributed by atoms with Gasteiger partial charge in [0.05, 0.1) is 12.6 Å². The standard InChI is InChI=1S/C6H12O7.Rb/c7-1-2(8)3(9)4(10)5(11)6(12)13;/h2-5,7-11H,1H2,(H,12,13);/q;+1/p-1/t2-,3-,4+,5-;/m1./s1. The van der Waals surface area contributed by atoms with Crippen LogP contribution in [0.25, 0.3) is 0 Å². The Morgan fingerprint density at radius 3 is 1.86 bits per heavy atom. The summed E-state index contributed by atoms with van der Waals surface area (Å²) in [6.45, 7) is -0.863. The van der Waals surface area contributed by atoms with Gasteiger partial charge in [-0.25, -0.2) is 0 Å². The van der Waals surface area contributed by atoms with Gasteiger partial charge in [0.2, 0.25) is 0 Å². The fourth-order valence-electron chi connectivity index (χ4n) is 0.662. The second kappa shape index (κ2) is 8.25. The number of carboxylic acids is 1. The Bertz CT molecular complexity index is 176. The molecule has 0 aliphatic rings. The molecule has 0 aromatic carbocycles. The first-order chi connectivity index (χ1) is 5.91. The van der Waals surface area contributed by atoms with Crippen molar-refractivity contribution in [1.29, 1.82) is 0 Å². The summed E-state index contributed by atoms with van der Waals surface area (Å²) in [4.78, 5) is 9.98. The van der Waals surface area contributed by atoms with Crippen molar-refractivity contribution in [3.8, 4) is 0 Å². The van der Waals surface area contributed by atoms with Crippen LogP contribution in [0.1, 0.15) is 0 Å². The number of rotatable bonds is 5. The summed E-state index contributed by atoms with van der Waals surface area (Å²) in [5.41, 5.74) is 0. The van der Waals surface area contributed by atoms with Crippen LogP contribution in [0.3, 0.4) is 0 Å². The third kappa shape index (κ3) is 5.24. The summed E-state index contributed by atoms with van der Waals surface area (Å²) in [6.07, 6.45) is -8.08. The summed E-state index contributed by atoms with van der Waals surface area (Å²) < 4.78 is 0. The van der Waals surface area contributed by atoms with E-state index >= 15 is 0 Å². The van der Waals surface area contributed by atoms with Crippen molar-refractivity contribution in [2.45, 2.75) is 24.4 Å². The predicted octanol–water partition coefficient (Wildman–Crippen LogP) is -7.82. The molecule has 0 aliphatic heterocycles. The van der Waals surface area contributed by atoms with Crippen LogP contribution in [0.15, 0.2) is 0 Å². The maximum absolute atomic E-state index is 9.98. The first-order valence-electron chi connectivity index (χ1n) is 3.45. The van der Waals surface area contributed by atoms with Crippen LogP contribution in [-0.2, 0) is 4.79 Å². The van der Waals surface area contributed by atoms with E-state index in [1.165, 1.54) is 0 Å². The largest absolute Gasteiger partial charge is 1.00 e. The molecule has 8 heteroatoms. The van der Waals surface area contributed by atoms with E-state index in [2.05, 4.69) is 0 Å². The third-order valence-electron chi connectivity index (χ3n) is 1.50. The van der Waals surface area contributed by atoms with E-state index in [0.717, 1.165) is 0 Å². The van der Waals surface area contributed by atoms with Gasteiger partial charge in [0.15, 0.2) is 0 Å². The summed E-state index contributed by atoms with van der Waals surface area (Å²) >= 11 is 0. The molecule has 5 N–H and O–H groups in total. The summed E-state index contributed by atoms with van der Waals surface area (Å²) in [5.74, 6) is -1.98. The monoisotopic (exact) mass is 280 g/mol. The molecular formula is C6H11O7Rb. The molecular weight excluding hydrogens is 270 g/mol. The number of aliphatic carboxylic acids is 1. The first-order valence-corrected chi connectivity index (χ1v) is 3.45. The number of hydrogen-bond donors (Lipinski definition) is 5. The fourth-order valence-corrected chi connectivity index (χ4v) is 0.662. The van der Waals surface area contributed by atoms with Crippen LogP contribution >= 0.6 is 0 Å². The number of aliphatic hydroxyl groups is 5. The molecule has 0 bridgehead atoms. The van der Waals surface area contributed by atoms with Gasteiger partial charge in [-0.05, 0) is 0 Å². The Morgan fingerprint density at radius 2 is 1.57 bits per heavy atom. The van der Waals surface area contributed by atoms with Crippen molar-refractivity contribution in [1.82, 2.24) is 0 Å². The normalized spacial score (nSPS) is 18.9. The number of carbonyl (C=O) groups is 1. The van der Waals surface area contributed by atoms with Gasteiger partial charge in [0.1, 0.15) is 24.4 Å². The molecule has 0 radical (unpaired) electrons. The molecule has 0 fully saturated rings. The number of aliphatic hydroxyl groups excluding tert-OH is 5. The topological polar surface area (TPSA) is 141 Å². The molecule has 0 saturated heterocycles. The first kappa shape index (κ1) is 17.5. The van der Waals surface area contributed by atoms with E-state index in [4.69, 9.17) is 25.5 Å². The second-order valence-corrected chi connectivity index (χ2v) is 2.49. The Labute approximate surface area is 129 Å². The van der Waals surface area contributed by atoms with Crippen molar-refractivity contribution in [3.63, 3.8) is 0 Å². The molecule has 14 heavy (non-hydrogen) atoms. The van der Waals surface area contributed by atoms with Gasteiger partial charge >= 0.3 is 58.2 Å². The van der Waals surface area contributed by atoms with Crippen LogP contribution in [0, 0.1) is 0 Å². The number of hydrogen-bond acceptors (Lipinski definition) is 7. The minimum atomic E-state index is -2.31. The van der Waals surface area contributed by atoms with E-state index in [0.29, 0.717) is 0 Å². The van der Waals surface area contributed by atoms with Gasteiger partial charge in [-0.15, -0.1) is 0 Å². The molecule has 78 valence electrons. The van der Waals surface area contributed by atoms with Gasteiger partial charge < -0.3 is 35.4 Å². The Morgan fingerprint density at radius 1 is 1.14 bits per heavy atom. The fraction of sp³-hybridized carbons (Fsp3) is 0.833. The van der Waals surface area contributed by atoms with E-state index in [1.54, 1.807) is 0 Å². The maximum Gasteiger partial charge on any atom is 1.00 e. The van der Waals surface area contributed by atoms with Crippen molar-refractivity contribution < 1.29 is 93.6 Å². The van der Waals surface area contributed by atoms with Crippen LogP contribution in [0.5, 0.6) is 0 Å². The Hall–Kier alpha value is 1.08. The summed E-state index contributed by atoms with van der Waals surface area (Å²) in [6, 6.07) is 0. The summed E-state index contributed by atoms with van der Waals surface area (Å²) in [7, 11) is 0. The quantitative estimate of drug-likeness (QED) is 0.337. The van der Waals surface area contributed by atoms with Gasteiger partial charge in [-0.3, -0.25) is 0 Å². The van der Waals surface area contributed by atoms with Gasteiger partial charge in [-0.1, -0.05) is 0 Å². The van der Waals surface area contributed by atoms with Crippen molar-refractivity contribution >= 4 is 5.97 Å². The minimum Gasteiger partial charge on any atom is -0.547 e. The molecule has 0 spiro atoms. The summed E-state index contributed by atoms with van der Waals surface area (Å²) in [5, 5.41) is 53.4. The molecule has 0 amide bonds. The molecule has 7 nitrogen and oxygen atoms in total. The van der Waals surface area contributed by atoms with Crippen molar-refractivity contribution in [3.05, 3.63) is 0 Å². The molecule has 0 rings (SSSR count). The second-order valence-electron chi connectivity index (χ2n) is 2.49. The molecule has 0 saturated carbocycles. The van der Waals surface area contributed by atoms with E-state index in [1.807, 2.05) is 0 Å². The maximum atomic E-state index is 9.98. The van der Waals surface area contributed by atoms with Crippen molar-refractivity contribution in [2.75, 3.05) is 6.61 Å². The zero-order valence-electron chi connectivity index (χ0n) is 7.57. The molecule has 4 atom stereocenters. The molecule has 0 unspecified atom stereocenters. The van der Waals surface area contributed by atoms with Crippen LogP contribution in [0.4, 0.5) is 0 Å². The molecule has 0 aromatic rings. The van der Waals surface area contributed by atoms with Crippen LogP contribution in [0.2, 0.25) is 0 Å². The van der Waals surface area contributed by atoms with E-state index < -0.39 is 37.0 Å². The van der Waals surface area contributed by atoms with E-state index in [-0.39, 0.29) is 58.2 Å². The third-order valence-corrected chi connectivity index (χ3v) is 1.50. The molecule has 0 aromatic heterocycles. The zero-order valence-corrected chi connectivity index (χ0v) is 12.5. The Balaban J connectivity index is 0. The zero-order chi connectivity index (χ0) is 10.6. The smallest absolute Gasteiger partial charge is 0.547 e. The minimum absolute atomic E-state index is 0. The Kier molecular flexibility index (Phi) is 10.3. The van der Waals surface area contributed by atoms with Crippen LogP contribution in [-0.4, -0.2) is 62.5 Å². The average molecular weight is 281 g/mol. The number of carboxylic acid groups (broad SMARTS) is 1. The average Bonchev–Trinajstić information content (AvgIpc) is 2.12. The van der Waals surface area contributed by atoms with Gasteiger partial charge in [0.25, 0.3) is 0 Å². The van der Waals surface area contributed by atoms with Gasteiger partial charge in [0, 0.05) is 0 Å². The van der Waals surface area contributed by atoms with Crippen molar-refractivity contribution in [2.24, 2.45) is 0 Å². The van der Waals surface area contributed by atoms with E-state index in [9.17, 15) is 9.90 Å². The van der Waals surface area contributed by atoms with Crippen LogP contribution < -0.4 is 63.3 Å². The predicted molar refractivity (Wildman–Crippen MR) is 36.1 cm³/mol.